The van der Waals surface area contributed by atoms with E-state index in [0.29, 0.717) is 0 Å². The van der Waals surface area contributed by atoms with Crippen LogP contribution in [-0.2, 0) is 10.0 Å². The molecule has 1 N–H and O–H groups in total. The van der Waals surface area contributed by atoms with Crippen molar-refractivity contribution < 1.29 is 21.6 Å². The summed E-state index contributed by atoms with van der Waals surface area (Å²) in [7, 11) is -3.76. The number of hydrogen-bond acceptors (Lipinski definition) is 5. The number of benzene rings is 1. The third kappa shape index (κ3) is 4.00. The van der Waals surface area contributed by atoms with Crippen LogP contribution in [0.1, 0.15) is 24.6 Å². The zero-order valence-electron chi connectivity index (χ0n) is 12.6. The normalized spacial score (nSPS) is 11.4. The lowest BCUT2D eigenvalue weighted by atomic mass is 10.1. The Morgan fingerprint density at radius 2 is 2.04 bits per heavy atom. The molecule has 0 bridgehead atoms. The van der Waals surface area contributed by atoms with Crippen LogP contribution in [0.15, 0.2) is 18.5 Å². The van der Waals surface area contributed by atoms with Crippen molar-refractivity contribution in [1.82, 2.24) is 9.97 Å². The highest BCUT2D eigenvalue weighted by atomic mass is 35.5. The molecule has 0 atom stereocenters. The summed E-state index contributed by atoms with van der Waals surface area (Å²) in [5, 5.41) is 8.48. The topological polar surface area (TPSA) is 95.7 Å². The van der Waals surface area contributed by atoms with Crippen LogP contribution in [0.2, 0.25) is 5.02 Å². The van der Waals surface area contributed by atoms with Gasteiger partial charge in [0.15, 0.2) is 0 Å². The molecule has 11 heteroatoms. The van der Waals surface area contributed by atoms with E-state index in [4.69, 9.17) is 16.9 Å². The molecule has 0 fully saturated rings. The number of anilines is 1. The van der Waals surface area contributed by atoms with Crippen LogP contribution in [0, 0.1) is 17.1 Å². The summed E-state index contributed by atoms with van der Waals surface area (Å²) in [6, 6.07) is 3.40. The van der Waals surface area contributed by atoms with Crippen molar-refractivity contribution in [2.45, 2.75) is 13.3 Å². The molecule has 0 amide bonds. The number of nitrogens with one attached hydrogen (secondary N) is 1. The first-order valence-electron chi connectivity index (χ1n) is 6.73. The predicted molar refractivity (Wildman–Crippen MR) is 85.2 cm³/mol. The van der Waals surface area contributed by atoms with E-state index in [-0.39, 0.29) is 28.3 Å². The third-order valence-electron chi connectivity index (χ3n) is 3.15. The van der Waals surface area contributed by atoms with E-state index in [0.717, 1.165) is 18.5 Å². The second kappa shape index (κ2) is 7.25. The van der Waals surface area contributed by atoms with E-state index >= 15 is 0 Å². The Balaban J connectivity index is 2.68. The Morgan fingerprint density at radius 1 is 1.36 bits per heavy atom. The van der Waals surface area contributed by atoms with Crippen LogP contribution in [0.5, 0.6) is 0 Å². The molecule has 0 spiro atoms. The van der Waals surface area contributed by atoms with E-state index in [9.17, 15) is 21.6 Å². The van der Waals surface area contributed by atoms with Crippen molar-refractivity contribution in [2.24, 2.45) is 0 Å². The van der Waals surface area contributed by atoms with Crippen molar-refractivity contribution in [2.75, 3.05) is 10.5 Å². The fourth-order valence-electron chi connectivity index (χ4n) is 1.89. The smallest absolute Gasteiger partial charge is 0.281 e. The van der Waals surface area contributed by atoms with Gasteiger partial charge in [0, 0.05) is 5.56 Å². The van der Waals surface area contributed by atoms with Gasteiger partial charge in [0.2, 0.25) is 10.0 Å². The Kier molecular flexibility index (Phi) is 5.49. The monoisotopic (exact) mass is 390 g/mol. The largest absolute Gasteiger partial charge is 0.282 e. The van der Waals surface area contributed by atoms with Crippen molar-refractivity contribution in [3.05, 3.63) is 40.6 Å². The van der Waals surface area contributed by atoms with Crippen molar-refractivity contribution in [3.8, 4) is 17.3 Å². The van der Waals surface area contributed by atoms with E-state index in [1.54, 1.807) is 6.07 Å². The SMILES string of the molecule is CCS(=O)(=O)Nc1cc(-c2ncnc(C(F)F)c2Cl)c(F)cc1C#N. The standard InChI is InChI=1S/C14H10ClF3N4O2S/c1-2-25(23,24)22-10-4-8(9(16)3-7(10)5-19)12-11(15)13(14(17)18)21-6-20-12/h3-4,6,14,22H,2H2,1H3. The van der Waals surface area contributed by atoms with Gasteiger partial charge in [-0.1, -0.05) is 11.6 Å². The maximum absolute atomic E-state index is 14.3. The zero-order chi connectivity index (χ0) is 18.8. The van der Waals surface area contributed by atoms with Crippen molar-refractivity contribution in [1.29, 1.82) is 5.26 Å². The van der Waals surface area contributed by atoms with Gasteiger partial charge in [0.25, 0.3) is 6.43 Å². The summed E-state index contributed by atoms with van der Waals surface area (Å²) in [4.78, 5) is 7.03. The average molecular weight is 391 g/mol. The number of halogens is 4. The second-order valence-electron chi connectivity index (χ2n) is 4.72. The summed E-state index contributed by atoms with van der Waals surface area (Å²) in [6.07, 6.45) is -2.22. The van der Waals surface area contributed by atoms with Gasteiger partial charge in [0.05, 0.1) is 27.7 Å². The van der Waals surface area contributed by atoms with Gasteiger partial charge in [-0.05, 0) is 19.1 Å². The maximum atomic E-state index is 14.3. The molecule has 1 aromatic carbocycles. The molecule has 0 aliphatic rings. The van der Waals surface area contributed by atoms with E-state index in [1.807, 2.05) is 0 Å². The molecule has 2 rings (SSSR count). The molecule has 25 heavy (non-hydrogen) atoms. The summed E-state index contributed by atoms with van der Waals surface area (Å²) in [5.74, 6) is -1.26. The molecule has 0 saturated carbocycles. The van der Waals surface area contributed by atoms with E-state index < -0.39 is 33.0 Å². The maximum Gasteiger partial charge on any atom is 0.281 e. The molecule has 0 aliphatic heterocycles. The number of aromatic nitrogens is 2. The molecular weight excluding hydrogens is 381 g/mol. The van der Waals surface area contributed by atoms with Gasteiger partial charge in [-0.2, -0.15) is 5.26 Å². The third-order valence-corrected chi connectivity index (χ3v) is 4.82. The molecule has 0 unspecified atom stereocenters. The number of sulfonamides is 1. The van der Waals surface area contributed by atoms with Gasteiger partial charge in [-0.15, -0.1) is 0 Å². The Bertz CT molecular complexity index is 961. The molecule has 0 radical (unpaired) electrons. The Labute approximate surface area is 146 Å². The van der Waals surface area contributed by atoms with E-state index in [2.05, 4.69) is 14.7 Å². The minimum atomic E-state index is -3.76. The lowest BCUT2D eigenvalue weighted by Crippen LogP contribution is -2.15. The molecule has 6 nitrogen and oxygen atoms in total. The van der Waals surface area contributed by atoms with Crippen LogP contribution in [0.25, 0.3) is 11.3 Å². The summed E-state index contributed by atoms with van der Waals surface area (Å²) >= 11 is 5.82. The highest BCUT2D eigenvalue weighted by Crippen LogP contribution is 2.35. The van der Waals surface area contributed by atoms with E-state index in [1.165, 1.54) is 6.92 Å². The minimum absolute atomic E-state index is 0.214. The number of nitrogens with zero attached hydrogens (tertiary/aromatic N) is 3. The fraction of sp³-hybridized carbons (Fsp3) is 0.214. The molecule has 2 aromatic rings. The van der Waals surface area contributed by atoms with Crippen LogP contribution in [0.3, 0.4) is 0 Å². The van der Waals surface area contributed by atoms with Gasteiger partial charge in [-0.25, -0.2) is 31.6 Å². The Morgan fingerprint density at radius 3 is 2.60 bits per heavy atom. The second-order valence-corrected chi connectivity index (χ2v) is 7.11. The summed E-state index contributed by atoms with van der Waals surface area (Å²) in [6.45, 7) is 1.37. The number of hydrogen-bond donors (Lipinski definition) is 1. The lowest BCUT2D eigenvalue weighted by Gasteiger charge is -2.12. The molecule has 1 heterocycles. The van der Waals surface area contributed by atoms with Gasteiger partial charge in [-0.3, -0.25) is 4.72 Å². The molecule has 1 aromatic heterocycles. The summed E-state index contributed by atoms with van der Waals surface area (Å²) in [5.41, 5.74) is -1.97. The Hall–Kier alpha value is -2.38. The zero-order valence-corrected chi connectivity index (χ0v) is 14.2. The van der Waals surface area contributed by atoms with Gasteiger partial charge < -0.3 is 0 Å². The fourth-order valence-corrected chi connectivity index (χ4v) is 2.82. The highest BCUT2D eigenvalue weighted by molar-refractivity contribution is 7.92. The average Bonchev–Trinajstić information content (AvgIpc) is 2.56. The first-order chi connectivity index (χ1) is 11.7. The summed E-state index contributed by atoms with van der Waals surface area (Å²) < 4.78 is 65.6. The molecule has 132 valence electrons. The lowest BCUT2D eigenvalue weighted by molar-refractivity contribution is 0.146. The minimum Gasteiger partial charge on any atom is -0.282 e. The van der Waals surface area contributed by atoms with Gasteiger partial charge in [0.1, 0.15) is 23.9 Å². The number of nitriles is 1. The van der Waals surface area contributed by atoms with Crippen LogP contribution >= 0.6 is 11.6 Å². The van der Waals surface area contributed by atoms with Crippen molar-refractivity contribution in [3.63, 3.8) is 0 Å². The number of alkyl halides is 2. The van der Waals surface area contributed by atoms with Gasteiger partial charge >= 0.3 is 0 Å². The quantitative estimate of drug-likeness (QED) is 0.842. The molecule has 0 aliphatic carbocycles. The van der Waals surface area contributed by atoms with Crippen LogP contribution in [-0.4, -0.2) is 24.1 Å². The van der Waals surface area contributed by atoms with Crippen LogP contribution < -0.4 is 4.72 Å². The first kappa shape index (κ1) is 19.0. The molecular formula is C14H10ClF3N4O2S. The first-order valence-corrected chi connectivity index (χ1v) is 8.76. The predicted octanol–water partition coefficient (Wildman–Crippen LogP) is 3.51. The van der Waals surface area contributed by atoms with Crippen molar-refractivity contribution >= 4 is 27.3 Å². The highest BCUT2D eigenvalue weighted by Gasteiger charge is 2.22. The number of rotatable bonds is 5. The van der Waals surface area contributed by atoms with Crippen LogP contribution in [0.4, 0.5) is 18.9 Å². The molecule has 0 saturated heterocycles.